The fourth-order valence-electron chi connectivity index (χ4n) is 2.28. The van der Waals surface area contributed by atoms with Crippen LogP contribution in [0, 0.1) is 11.6 Å². The molecule has 1 N–H and O–H groups in total. The molecule has 0 aliphatic heterocycles. The monoisotopic (exact) mass is 347 g/mol. The molecule has 0 aliphatic rings. The largest absolute Gasteiger partial charge is 0.481 e. The minimum absolute atomic E-state index is 0.0927. The number of hydrogen-bond acceptors (Lipinski definition) is 3. The van der Waals surface area contributed by atoms with Gasteiger partial charge in [0.1, 0.15) is 17.4 Å². The lowest BCUT2D eigenvalue weighted by Gasteiger charge is -2.15. The summed E-state index contributed by atoms with van der Waals surface area (Å²) in [5.74, 6) is -1.33. The van der Waals surface area contributed by atoms with Gasteiger partial charge in [0.05, 0.1) is 0 Å². The number of carbonyl (C=O) groups is 2. The third-order valence-corrected chi connectivity index (χ3v) is 3.56. The Morgan fingerprint density at radius 3 is 2.44 bits per heavy atom. The average Bonchev–Trinajstić information content (AvgIpc) is 2.54. The topological polar surface area (TPSA) is 55.4 Å². The van der Waals surface area contributed by atoms with Gasteiger partial charge in [-0.1, -0.05) is 12.1 Å². The Morgan fingerprint density at radius 2 is 1.80 bits per heavy atom. The molecule has 0 bridgehead atoms. The van der Waals surface area contributed by atoms with Crippen molar-refractivity contribution >= 4 is 11.7 Å². The van der Waals surface area contributed by atoms with Crippen LogP contribution in [0.25, 0.3) is 0 Å². The van der Waals surface area contributed by atoms with E-state index in [0.717, 1.165) is 6.07 Å². The molecule has 0 aromatic heterocycles. The lowest BCUT2D eigenvalue weighted by molar-refractivity contribution is -0.127. The maximum Gasteiger partial charge on any atom is 0.260 e. The first-order valence-electron chi connectivity index (χ1n) is 7.85. The fourth-order valence-corrected chi connectivity index (χ4v) is 2.28. The van der Waals surface area contributed by atoms with E-state index < -0.39 is 17.7 Å². The van der Waals surface area contributed by atoms with Crippen molar-refractivity contribution in [1.29, 1.82) is 0 Å². The van der Waals surface area contributed by atoms with Gasteiger partial charge in [0, 0.05) is 18.2 Å². The molecule has 2 aromatic carbocycles. The number of halogens is 2. The number of Topliss-reactive ketones (excluding diaryl/α,β-unsaturated/α-hetero) is 1. The van der Waals surface area contributed by atoms with Crippen LogP contribution in [-0.4, -0.2) is 24.3 Å². The molecule has 2 rings (SSSR count). The summed E-state index contributed by atoms with van der Waals surface area (Å²) in [6.07, 6.45) is -0.473. The van der Waals surface area contributed by atoms with Gasteiger partial charge in [-0.25, -0.2) is 8.78 Å². The van der Waals surface area contributed by atoms with Gasteiger partial charge in [0.2, 0.25) is 0 Å². The molecule has 0 aliphatic carbocycles. The van der Waals surface area contributed by atoms with Crippen LogP contribution in [0.3, 0.4) is 0 Å². The summed E-state index contributed by atoms with van der Waals surface area (Å²) in [7, 11) is 0. The van der Waals surface area contributed by atoms with Crippen LogP contribution in [0.4, 0.5) is 8.78 Å². The van der Waals surface area contributed by atoms with Crippen molar-refractivity contribution in [3.63, 3.8) is 0 Å². The first-order chi connectivity index (χ1) is 11.8. The average molecular weight is 347 g/mol. The van der Waals surface area contributed by atoms with Crippen molar-refractivity contribution < 1.29 is 23.1 Å². The number of rotatable bonds is 7. The molecule has 0 spiro atoms. The van der Waals surface area contributed by atoms with Crippen molar-refractivity contribution in [3.05, 3.63) is 65.2 Å². The molecule has 1 atom stereocenters. The highest BCUT2D eigenvalue weighted by Crippen LogP contribution is 2.15. The zero-order valence-electron chi connectivity index (χ0n) is 14.0. The molecular formula is C19H19F2NO3. The third-order valence-electron chi connectivity index (χ3n) is 3.56. The molecule has 1 unspecified atom stereocenters. The highest BCUT2D eigenvalue weighted by atomic mass is 19.1. The maximum absolute atomic E-state index is 13.1. The Labute approximate surface area is 144 Å². The minimum atomic E-state index is -0.772. The van der Waals surface area contributed by atoms with E-state index in [1.54, 1.807) is 31.2 Å². The smallest absolute Gasteiger partial charge is 0.260 e. The molecular weight excluding hydrogens is 328 g/mol. The van der Waals surface area contributed by atoms with Crippen LogP contribution >= 0.6 is 0 Å². The maximum atomic E-state index is 13.1. The summed E-state index contributed by atoms with van der Waals surface area (Å²) in [4.78, 5) is 23.4. The van der Waals surface area contributed by atoms with Gasteiger partial charge in [0.25, 0.3) is 5.91 Å². The van der Waals surface area contributed by atoms with Crippen LogP contribution < -0.4 is 10.1 Å². The SMILES string of the molecule is CC(=O)c1cccc(OC(C)C(=O)NCCc2cc(F)cc(F)c2)c1. The van der Waals surface area contributed by atoms with Crippen molar-refractivity contribution in [2.45, 2.75) is 26.4 Å². The highest BCUT2D eigenvalue weighted by Gasteiger charge is 2.14. The second kappa shape index (κ2) is 8.37. The number of carbonyl (C=O) groups excluding carboxylic acids is 2. The zero-order chi connectivity index (χ0) is 18.4. The van der Waals surface area contributed by atoms with Gasteiger partial charge in [0.15, 0.2) is 11.9 Å². The minimum Gasteiger partial charge on any atom is -0.481 e. The normalized spacial score (nSPS) is 11.7. The van der Waals surface area contributed by atoms with Gasteiger partial charge in [-0.3, -0.25) is 9.59 Å². The number of benzene rings is 2. The summed E-state index contributed by atoms with van der Waals surface area (Å²) in [6.45, 7) is 3.25. The molecule has 25 heavy (non-hydrogen) atoms. The van der Waals surface area contributed by atoms with E-state index in [1.165, 1.54) is 19.1 Å². The van der Waals surface area contributed by atoms with Gasteiger partial charge in [-0.15, -0.1) is 0 Å². The first kappa shape index (κ1) is 18.6. The fraction of sp³-hybridized carbons (Fsp3) is 0.263. The Morgan fingerprint density at radius 1 is 1.12 bits per heavy atom. The van der Waals surface area contributed by atoms with Crippen LogP contribution in [0.15, 0.2) is 42.5 Å². The standard InChI is InChI=1S/C19H19F2NO3/c1-12(23)15-4-3-5-18(10-15)25-13(2)19(24)22-7-6-14-8-16(20)11-17(21)9-14/h3-5,8-11,13H,6-7H2,1-2H3,(H,22,24). The number of hydrogen-bond donors (Lipinski definition) is 1. The Hall–Kier alpha value is -2.76. The molecule has 132 valence electrons. The molecule has 0 heterocycles. The molecule has 6 heteroatoms. The summed E-state index contributed by atoms with van der Waals surface area (Å²) in [5, 5.41) is 2.65. The molecule has 0 radical (unpaired) electrons. The predicted octanol–water partition coefficient (Wildman–Crippen LogP) is 3.29. The lowest BCUT2D eigenvalue weighted by atomic mass is 10.1. The van der Waals surface area contributed by atoms with E-state index in [1.807, 2.05) is 0 Å². The molecule has 0 saturated carbocycles. The first-order valence-corrected chi connectivity index (χ1v) is 7.85. The third kappa shape index (κ3) is 5.67. The van der Waals surface area contributed by atoms with E-state index >= 15 is 0 Å². The van der Waals surface area contributed by atoms with Crippen molar-refractivity contribution in [2.24, 2.45) is 0 Å². The van der Waals surface area contributed by atoms with Gasteiger partial charge in [-0.05, 0) is 50.1 Å². The van der Waals surface area contributed by atoms with Crippen molar-refractivity contribution in [2.75, 3.05) is 6.54 Å². The van der Waals surface area contributed by atoms with E-state index in [-0.39, 0.29) is 18.2 Å². The van der Waals surface area contributed by atoms with E-state index in [0.29, 0.717) is 23.3 Å². The second-order valence-electron chi connectivity index (χ2n) is 5.66. The van der Waals surface area contributed by atoms with Gasteiger partial charge < -0.3 is 10.1 Å². The van der Waals surface area contributed by atoms with Gasteiger partial charge in [-0.2, -0.15) is 0 Å². The molecule has 0 fully saturated rings. The number of amides is 1. The number of nitrogens with one attached hydrogen (secondary N) is 1. The van der Waals surface area contributed by atoms with Crippen molar-refractivity contribution in [3.8, 4) is 5.75 Å². The second-order valence-corrected chi connectivity index (χ2v) is 5.66. The van der Waals surface area contributed by atoms with Crippen LogP contribution in [0.2, 0.25) is 0 Å². The summed E-state index contributed by atoms with van der Waals surface area (Å²) in [6, 6.07) is 9.82. The van der Waals surface area contributed by atoms with Gasteiger partial charge >= 0.3 is 0 Å². The quantitative estimate of drug-likeness (QED) is 0.782. The summed E-state index contributed by atoms with van der Waals surface area (Å²) in [5.41, 5.74) is 0.957. The van der Waals surface area contributed by atoms with Crippen LogP contribution in [0.5, 0.6) is 5.75 Å². The Bertz CT molecular complexity index is 757. The van der Waals surface area contributed by atoms with E-state index in [9.17, 15) is 18.4 Å². The Balaban J connectivity index is 1.86. The number of ether oxygens (including phenoxy) is 1. The van der Waals surface area contributed by atoms with E-state index in [2.05, 4.69) is 5.32 Å². The number of ketones is 1. The predicted molar refractivity (Wildman–Crippen MR) is 89.6 cm³/mol. The van der Waals surface area contributed by atoms with Crippen LogP contribution in [0.1, 0.15) is 29.8 Å². The molecule has 4 nitrogen and oxygen atoms in total. The molecule has 0 saturated heterocycles. The highest BCUT2D eigenvalue weighted by molar-refractivity contribution is 5.94. The molecule has 1 amide bonds. The summed E-state index contributed by atoms with van der Waals surface area (Å²) < 4.78 is 31.7. The summed E-state index contributed by atoms with van der Waals surface area (Å²) >= 11 is 0. The van der Waals surface area contributed by atoms with Crippen LogP contribution in [-0.2, 0) is 11.2 Å². The van der Waals surface area contributed by atoms with E-state index in [4.69, 9.17) is 4.74 Å². The van der Waals surface area contributed by atoms with Crippen molar-refractivity contribution in [1.82, 2.24) is 5.32 Å². The zero-order valence-corrected chi connectivity index (χ0v) is 14.0. The lowest BCUT2D eigenvalue weighted by Crippen LogP contribution is -2.37. The molecule has 2 aromatic rings. The Kier molecular flexibility index (Phi) is 6.22.